The Morgan fingerprint density at radius 3 is 2.62 bits per heavy atom. The van der Waals surface area contributed by atoms with Crippen LogP contribution in [0, 0.1) is 0 Å². The van der Waals surface area contributed by atoms with Crippen molar-refractivity contribution in [3.05, 3.63) is 34.3 Å². The van der Waals surface area contributed by atoms with Crippen LogP contribution in [0.1, 0.15) is 24.8 Å². The van der Waals surface area contributed by atoms with Crippen molar-refractivity contribution >= 4 is 15.9 Å². The second-order valence-electron chi connectivity index (χ2n) is 4.55. The molecule has 0 saturated carbocycles. The molecule has 2 N–H and O–H groups in total. The SMILES string of the molecule is OCC1(c2ccc(Br)cc2)CCCNCC1. The Morgan fingerprint density at radius 1 is 1.19 bits per heavy atom. The molecule has 1 aliphatic heterocycles. The number of aliphatic hydroxyl groups excluding tert-OH is 1. The Bertz CT molecular complexity index is 328. The Balaban J connectivity index is 2.28. The molecule has 3 heteroatoms. The smallest absolute Gasteiger partial charge is 0.0528 e. The van der Waals surface area contributed by atoms with Gasteiger partial charge in [-0.15, -0.1) is 0 Å². The van der Waals surface area contributed by atoms with Crippen LogP contribution in [0.4, 0.5) is 0 Å². The first-order valence-corrected chi connectivity index (χ1v) is 6.64. The number of rotatable bonds is 2. The van der Waals surface area contributed by atoms with Crippen LogP contribution in [0.5, 0.6) is 0 Å². The molecular weight excluding hydrogens is 266 g/mol. The van der Waals surface area contributed by atoms with E-state index in [4.69, 9.17) is 0 Å². The van der Waals surface area contributed by atoms with Gasteiger partial charge in [-0.05, 0) is 50.0 Å². The van der Waals surface area contributed by atoms with Crippen LogP contribution in [-0.2, 0) is 5.41 Å². The molecule has 1 saturated heterocycles. The van der Waals surface area contributed by atoms with Crippen molar-refractivity contribution in [2.75, 3.05) is 19.7 Å². The molecule has 1 aromatic carbocycles. The van der Waals surface area contributed by atoms with E-state index in [1.807, 2.05) is 0 Å². The molecule has 1 atom stereocenters. The van der Waals surface area contributed by atoms with E-state index < -0.39 is 0 Å². The first-order chi connectivity index (χ1) is 7.77. The molecule has 0 spiro atoms. The van der Waals surface area contributed by atoms with Crippen molar-refractivity contribution in [3.8, 4) is 0 Å². The van der Waals surface area contributed by atoms with Gasteiger partial charge in [0.25, 0.3) is 0 Å². The minimum Gasteiger partial charge on any atom is -0.395 e. The largest absolute Gasteiger partial charge is 0.395 e. The van der Waals surface area contributed by atoms with Crippen LogP contribution < -0.4 is 5.32 Å². The molecule has 0 bridgehead atoms. The quantitative estimate of drug-likeness (QED) is 0.874. The lowest BCUT2D eigenvalue weighted by Gasteiger charge is -2.31. The van der Waals surface area contributed by atoms with E-state index in [2.05, 4.69) is 45.5 Å². The summed E-state index contributed by atoms with van der Waals surface area (Å²) >= 11 is 3.45. The molecule has 1 fully saturated rings. The van der Waals surface area contributed by atoms with Crippen LogP contribution in [0.15, 0.2) is 28.7 Å². The zero-order valence-electron chi connectivity index (χ0n) is 9.38. The number of hydrogen-bond donors (Lipinski definition) is 2. The van der Waals surface area contributed by atoms with Crippen LogP contribution in [-0.4, -0.2) is 24.8 Å². The highest BCUT2D eigenvalue weighted by Gasteiger charge is 2.31. The highest BCUT2D eigenvalue weighted by Crippen LogP contribution is 2.34. The fourth-order valence-electron chi connectivity index (χ4n) is 2.47. The summed E-state index contributed by atoms with van der Waals surface area (Å²) in [5.41, 5.74) is 1.23. The van der Waals surface area contributed by atoms with Crippen molar-refractivity contribution in [3.63, 3.8) is 0 Å². The Labute approximate surface area is 105 Å². The second-order valence-corrected chi connectivity index (χ2v) is 5.46. The van der Waals surface area contributed by atoms with Gasteiger partial charge in [0.15, 0.2) is 0 Å². The van der Waals surface area contributed by atoms with Crippen molar-refractivity contribution < 1.29 is 5.11 Å². The van der Waals surface area contributed by atoms with Crippen LogP contribution in [0.25, 0.3) is 0 Å². The number of aliphatic hydroxyl groups is 1. The van der Waals surface area contributed by atoms with Gasteiger partial charge in [-0.1, -0.05) is 28.1 Å². The topological polar surface area (TPSA) is 32.3 Å². The summed E-state index contributed by atoms with van der Waals surface area (Å²) in [6, 6.07) is 8.38. The van der Waals surface area contributed by atoms with Gasteiger partial charge < -0.3 is 10.4 Å². The van der Waals surface area contributed by atoms with E-state index in [-0.39, 0.29) is 12.0 Å². The van der Waals surface area contributed by atoms with Gasteiger partial charge in [0.05, 0.1) is 6.61 Å². The Hall–Kier alpha value is -0.380. The molecule has 2 nitrogen and oxygen atoms in total. The zero-order valence-corrected chi connectivity index (χ0v) is 11.0. The number of hydrogen-bond acceptors (Lipinski definition) is 2. The van der Waals surface area contributed by atoms with Gasteiger partial charge in [0.2, 0.25) is 0 Å². The molecule has 1 heterocycles. The molecular formula is C13H18BrNO. The van der Waals surface area contributed by atoms with Crippen LogP contribution in [0.3, 0.4) is 0 Å². The maximum absolute atomic E-state index is 9.75. The Morgan fingerprint density at radius 2 is 1.94 bits per heavy atom. The summed E-state index contributed by atoms with van der Waals surface area (Å²) in [5.74, 6) is 0. The number of nitrogens with one attached hydrogen (secondary N) is 1. The van der Waals surface area contributed by atoms with Gasteiger partial charge in [-0.3, -0.25) is 0 Å². The standard InChI is InChI=1S/C13H18BrNO/c14-12-4-2-11(3-5-12)13(10-16)6-1-8-15-9-7-13/h2-5,15-16H,1,6-10H2. The average Bonchev–Trinajstić information content (AvgIpc) is 2.56. The predicted octanol–water partition coefficient (Wildman–Crippen LogP) is 2.45. The highest BCUT2D eigenvalue weighted by molar-refractivity contribution is 9.10. The minimum atomic E-state index is -0.0375. The molecule has 0 amide bonds. The third kappa shape index (κ3) is 2.47. The monoisotopic (exact) mass is 283 g/mol. The maximum Gasteiger partial charge on any atom is 0.0528 e. The molecule has 0 aliphatic carbocycles. The molecule has 88 valence electrons. The number of halogens is 1. The molecule has 0 radical (unpaired) electrons. The summed E-state index contributed by atoms with van der Waals surface area (Å²) in [7, 11) is 0. The van der Waals surface area contributed by atoms with Crippen LogP contribution >= 0.6 is 15.9 Å². The summed E-state index contributed by atoms with van der Waals surface area (Å²) in [4.78, 5) is 0. The average molecular weight is 284 g/mol. The molecule has 2 rings (SSSR count). The molecule has 1 aromatic rings. The Kier molecular flexibility index (Phi) is 4.00. The van der Waals surface area contributed by atoms with Crippen LogP contribution in [0.2, 0.25) is 0 Å². The highest BCUT2D eigenvalue weighted by atomic mass is 79.9. The molecule has 1 aliphatic rings. The molecule has 16 heavy (non-hydrogen) atoms. The van der Waals surface area contributed by atoms with Gasteiger partial charge in [-0.2, -0.15) is 0 Å². The van der Waals surface area contributed by atoms with E-state index in [0.29, 0.717) is 0 Å². The van der Waals surface area contributed by atoms with Gasteiger partial charge in [0, 0.05) is 9.89 Å². The molecule has 0 aromatic heterocycles. The number of benzene rings is 1. The fraction of sp³-hybridized carbons (Fsp3) is 0.538. The zero-order chi connectivity index (χ0) is 11.4. The van der Waals surface area contributed by atoms with Crippen molar-refractivity contribution in [2.45, 2.75) is 24.7 Å². The third-order valence-electron chi connectivity index (χ3n) is 3.55. The summed E-state index contributed by atoms with van der Waals surface area (Å²) < 4.78 is 1.09. The van der Waals surface area contributed by atoms with E-state index >= 15 is 0 Å². The van der Waals surface area contributed by atoms with E-state index in [0.717, 1.165) is 36.8 Å². The lowest BCUT2D eigenvalue weighted by atomic mass is 9.75. The van der Waals surface area contributed by atoms with E-state index in [1.165, 1.54) is 5.56 Å². The van der Waals surface area contributed by atoms with E-state index in [9.17, 15) is 5.11 Å². The van der Waals surface area contributed by atoms with Gasteiger partial charge in [0.1, 0.15) is 0 Å². The van der Waals surface area contributed by atoms with Gasteiger partial charge >= 0.3 is 0 Å². The minimum absolute atomic E-state index is 0.0375. The normalized spacial score (nSPS) is 26.4. The second kappa shape index (κ2) is 5.30. The summed E-state index contributed by atoms with van der Waals surface area (Å²) in [6.45, 7) is 2.31. The first-order valence-electron chi connectivity index (χ1n) is 5.84. The van der Waals surface area contributed by atoms with Crippen molar-refractivity contribution in [1.29, 1.82) is 0 Å². The summed E-state index contributed by atoms with van der Waals surface area (Å²) in [6.07, 6.45) is 3.22. The van der Waals surface area contributed by atoms with Gasteiger partial charge in [-0.25, -0.2) is 0 Å². The maximum atomic E-state index is 9.75. The fourth-order valence-corrected chi connectivity index (χ4v) is 2.74. The van der Waals surface area contributed by atoms with Crippen molar-refractivity contribution in [1.82, 2.24) is 5.32 Å². The molecule has 1 unspecified atom stereocenters. The summed E-state index contributed by atoms with van der Waals surface area (Å²) in [5, 5.41) is 13.1. The first kappa shape index (κ1) is 12.1. The predicted molar refractivity (Wildman–Crippen MR) is 69.6 cm³/mol. The van der Waals surface area contributed by atoms with Crippen molar-refractivity contribution in [2.24, 2.45) is 0 Å². The van der Waals surface area contributed by atoms with E-state index in [1.54, 1.807) is 0 Å². The lowest BCUT2D eigenvalue weighted by molar-refractivity contribution is 0.179. The lowest BCUT2D eigenvalue weighted by Crippen LogP contribution is -2.31. The third-order valence-corrected chi connectivity index (χ3v) is 4.08.